The van der Waals surface area contributed by atoms with Crippen LogP contribution >= 0.6 is 0 Å². The minimum atomic E-state index is -0.596. The van der Waals surface area contributed by atoms with E-state index in [1.165, 1.54) is 29.9 Å². The first-order chi connectivity index (χ1) is 8.52. The van der Waals surface area contributed by atoms with Gasteiger partial charge in [0.15, 0.2) is 11.4 Å². The van der Waals surface area contributed by atoms with Crippen LogP contribution in [-0.4, -0.2) is 23.4 Å². The van der Waals surface area contributed by atoms with Crippen molar-refractivity contribution in [1.82, 2.24) is 4.57 Å². The van der Waals surface area contributed by atoms with Crippen LogP contribution in [0, 0.1) is 0 Å². The molecule has 6 nitrogen and oxygen atoms in total. The number of carbonyl (C=O) groups excluding carboxylic acids is 2. The number of hydrogen-bond acceptors (Lipinski definition) is 5. The van der Waals surface area contributed by atoms with Gasteiger partial charge >= 0.3 is 11.7 Å². The number of methoxy groups -OCH3 is 1. The van der Waals surface area contributed by atoms with E-state index in [-0.39, 0.29) is 12.2 Å². The predicted molar refractivity (Wildman–Crippen MR) is 62.4 cm³/mol. The number of nitrogens with zero attached hydrogens (tertiary/aromatic N) is 1. The Kier molecular flexibility index (Phi) is 3.01. The number of esters is 1. The fourth-order valence-corrected chi connectivity index (χ4v) is 1.61. The van der Waals surface area contributed by atoms with E-state index in [4.69, 9.17) is 4.42 Å². The summed E-state index contributed by atoms with van der Waals surface area (Å²) in [6.45, 7) is 0. The molecule has 1 heterocycles. The molecule has 0 saturated heterocycles. The first kappa shape index (κ1) is 12.1. The second kappa shape index (κ2) is 4.48. The van der Waals surface area contributed by atoms with Crippen molar-refractivity contribution in [3.8, 4) is 0 Å². The normalized spacial score (nSPS) is 10.6. The topological polar surface area (TPSA) is 78.5 Å². The molecular formula is C12H11NO5. The Morgan fingerprint density at radius 1 is 1.39 bits per heavy atom. The van der Waals surface area contributed by atoms with E-state index < -0.39 is 11.7 Å². The molecule has 0 atom stereocenters. The Labute approximate surface area is 102 Å². The molecule has 0 aliphatic heterocycles. The molecule has 94 valence electrons. The molecule has 0 spiro atoms. The lowest BCUT2D eigenvalue weighted by molar-refractivity contribution is -0.139. The number of Topliss-reactive ketones (excluding diaryl/α,β-unsaturated/α-hetero) is 1. The minimum Gasteiger partial charge on any atom is -0.469 e. The Hall–Kier alpha value is -2.37. The molecule has 0 unspecified atom stereocenters. The number of carbonyl (C=O) groups is 2. The van der Waals surface area contributed by atoms with Gasteiger partial charge in [-0.25, -0.2) is 4.79 Å². The fraction of sp³-hybridized carbons (Fsp3) is 0.250. The third-order valence-electron chi connectivity index (χ3n) is 2.65. The van der Waals surface area contributed by atoms with Crippen molar-refractivity contribution in [3.63, 3.8) is 0 Å². The highest BCUT2D eigenvalue weighted by molar-refractivity contribution is 6.07. The maximum atomic E-state index is 11.8. The maximum absolute atomic E-state index is 11.8. The number of fused-ring (bicyclic) bond motifs is 1. The number of aromatic nitrogens is 1. The number of benzene rings is 1. The summed E-state index contributed by atoms with van der Waals surface area (Å²) in [6, 6.07) is 4.56. The lowest BCUT2D eigenvalue weighted by Crippen LogP contribution is -2.10. The van der Waals surface area contributed by atoms with Crippen LogP contribution in [0.3, 0.4) is 0 Å². The van der Waals surface area contributed by atoms with Crippen LogP contribution in [0.4, 0.5) is 0 Å². The Balaban J connectivity index is 2.41. The fourth-order valence-electron chi connectivity index (χ4n) is 1.61. The van der Waals surface area contributed by atoms with Crippen molar-refractivity contribution in [1.29, 1.82) is 0 Å². The summed E-state index contributed by atoms with van der Waals surface area (Å²) in [4.78, 5) is 34.1. The third-order valence-corrected chi connectivity index (χ3v) is 2.65. The van der Waals surface area contributed by atoms with Crippen LogP contribution in [0.5, 0.6) is 0 Å². The van der Waals surface area contributed by atoms with E-state index in [2.05, 4.69) is 4.74 Å². The summed E-state index contributed by atoms with van der Waals surface area (Å²) in [5.74, 6) is -1.46. The van der Waals surface area contributed by atoms with Gasteiger partial charge in [-0.3, -0.25) is 14.2 Å². The molecule has 2 rings (SSSR count). The van der Waals surface area contributed by atoms with Crippen LogP contribution < -0.4 is 5.76 Å². The standard InChI is InChI=1S/C12H11NO5/c1-13-8-5-7(9(14)6-11(15)17-2)3-4-10(8)18-12(13)16/h3-5H,6H2,1-2H3. The smallest absolute Gasteiger partial charge is 0.419 e. The van der Waals surface area contributed by atoms with Gasteiger partial charge in [0.05, 0.1) is 12.6 Å². The van der Waals surface area contributed by atoms with Crippen LogP contribution in [0.2, 0.25) is 0 Å². The molecule has 1 aromatic heterocycles. The summed E-state index contributed by atoms with van der Waals surface area (Å²) in [6.07, 6.45) is -0.326. The first-order valence-corrected chi connectivity index (χ1v) is 5.22. The number of ketones is 1. The molecule has 2 aromatic rings. The van der Waals surface area contributed by atoms with Crippen LogP contribution in [0.1, 0.15) is 16.8 Å². The second-order valence-electron chi connectivity index (χ2n) is 3.79. The molecule has 18 heavy (non-hydrogen) atoms. The Morgan fingerprint density at radius 3 is 2.78 bits per heavy atom. The molecule has 0 amide bonds. The van der Waals surface area contributed by atoms with Crippen molar-refractivity contribution in [2.24, 2.45) is 7.05 Å². The van der Waals surface area contributed by atoms with Gasteiger partial charge in [0.25, 0.3) is 0 Å². The van der Waals surface area contributed by atoms with E-state index in [1.54, 1.807) is 7.05 Å². The molecule has 0 fully saturated rings. The molecule has 0 saturated carbocycles. The van der Waals surface area contributed by atoms with Gasteiger partial charge in [0.1, 0.15) is 6.42 Å². The molecule has 6 heteroatoms. The zero-order valence-corrected chi connectivity index (χ0v) is 9.93. The van der Waals surface area contributed by atoms with Crippen molar-refractivity contribution in [3.05, 3.63) is 34.3 Å². The lowest BCUT2D eigenvalue weighted by Gasteiger charge is -2.00. The van der Waals surface area contributed by atoms with E-state index in [0.717, 1.165) is 0 Å². The van der Waals surface area contributed by atoms with Gasteiger partial charge in [0, 0.05) is 12.6 Å². The highest BCUT2D eigenvalue weighted by Crippen LogP contribution is 2.15. The average molecular weight is 249 g/mol. The second-order valence-corrected chi connectivity index (χ2v) is 3.79. The maximum Gasteiger partial charge on any atom is 0.419 e. The Morgan fingerprint density at radius 2 is 2.11 bits per heavy atom. The first-order valence-electron chi connectivity index (χ1n) is 5.22. The summed E-state index contributed by atoms with van der Waals surface area (Å²) in [5.41, 5.74) is 1.25. The number of hydrogen-bond donors (Lipinski definition) is 0. The number of rotatable bonds is 3. The van der Waals surface area contributed by atoms with Crippen LogP contribution in [0.25, 0.3) is 11.1 Å². The van der Waals surface area contributed by atoms with Gasteiger partial charge in [-0.05, 0) is 18.2 Å². The van der Waals surface area contributed by atoms with Gasteiger partial charge in [0.2, 0.25) is 0 Å². The summed E-state index contributed by atoms with van der Waals surface area (Å²) < 4.78 is 10.7. The molecule has 0 bridgehead atoms. The number of oxazole rings is 1. The lowest BCUT2D eigenvalue weighted by atomic mass is 10.1. The Bertz CT molecular complexity index is 679. The number of aryl methyl sites for hydroxylation is 1. The summed E-state index contributed by atoms with van der Waals surface area (Å²) in [5, 5.41) is 0. The molecule has 1 aromatic carbocycles. The van der Waals surface area contributed by atoms with E-state index in [1.807, 2.05) is 0 Å². The molecular weight excluding hydrogens is 238 g/mol. The zero-order valence-electron chi connectivity index (χ0n) is 9.93. The van der Waals surface area contributed by atoms with Gasteiger partial charge in [-0.1, -0.05) is 0 Å². The van der Waals surface area contributed by atoms with E-state index in [0.29, 0.717) is 16.7 Å². The van der Waals surface area contributed by atoms with Crippen molar-refractivity contribution < 1.29 is 18.7 Å². The monoisotopic (exact) mass is 249 g/mol. The van der Waals surface area contributed by atoms with E-state index in [9.17, 15) is 14.4 Å². The van der Waals surface area contributed by atoms with E-state index >= 15 is 0 Å². The molecule has 0 aliphatic carbocycles. The molecule has 0 N–H and O–H groups in total. The minimum absolute atomic E-state index is 0.326. The van der Waals surface area contributed by atoms with Crippen molar-refractivity contribution in [2.45, 2.75) is 6.42 Å². The van der Waals surface area contributed by atoms with Crippen LogP contribution in [-0.2, 0) is 16.6 Å². The van der Waals surface area contributed by atoms with Gasteiger partial charge in [-0.2, -0.15) is 0 Å². The largest absolute Gasteiger partial charge is 0.469 e. The average Bonchev–Trinajstić information content (AvgIpc) is 2.64. The molecule has 0 aliphatic rings. The molecule has 0 radical (unpaired) electrons. The third kappa shape index (κ3) is 2.04. The highest BCUT2D eigenvalue weighted by atomic mass is 16.5. The predicted octanol–water partition coefficient (Wildman–Crippen LogP) is 0.877. The van der Waals surface area contributed by atoms with Crippen molar-refractivity contribution in [2.75, 3.05) is 7.11 Å². The van der Waals surface area contributed by atoms with Crippen LogP contribution in [0.15, 0.2) is 27.4 Å². The summed E-state index contributed by atoms with van der Waals surface area (Å²) in [7, 11) is 2.77. The van der Waals surface area contributed by atoms with Gasteiger partial charge < -0.3 is 9.15 Å². The van der Waals surface area contributed by atoms with Crippen molar-refractivity contribution >= 4 is 22.9 Å². The zero-order chi connectivity index (χ0) is 13.3. The highest BCUT2D eigenvalue weighted by Gasteiger charge is 2.14. The van der Waals surface area contributed by atoms with Gasteiger partial charge in [-0.15, -0.1) is 0 Å². The SMILES string of the molecule is COC(=O)CC(=O)c1ccc2oc(=O)n(C)c2c1. The summed E-state index contributed by atoms with van der Waals surface area (Å²) >= 11 is 0. The number of ether oxygens (including phenoxy) is 1. The quantitative estimate of drug-likeness (QED) is 0.458.